The van der Waals surface area contributed by atoms with Gasteiger partial charge in [-0.15, -0.1) is 11.3 Å². The molecule has 0 spiro atoms. The third-order valence-electron chi connectivity index (χ3n) is 5.51. The van der Waals surface area contributed by atoms with E-state index < -0.39 is 0 Å². The molecule has 1 saturated heterocycles. The smallest absolute Gasteiger partial charge is 0.228 e. The van der Waals surface area contributed by atoms with Gasteiger partial charge in [0, 0.05) is 42.8 Å². The number of carbonyl (C=O) groups is 1. The fourth-order valence-corrected chi connectivity index (χ4v) is 4.65. The molecule has 0 unspecified atom stereocenters. The van der Waals surface area contributed by atoms with Crippen LogP contribution in [0.5, 0.6) is 5.75 Å². The van der Waals surface area contributed by atoms with Crippen LogP contribution >= 0.6 is 11.3 Å². The normalized spacial score (nSPS) is 14.0. The van der Waals surface area contributed by atoms with Gasteiger partial charge in [0.2, 0.25) is 5.91 Å². The number of ether oxygens (including phenoxy) is 1. The molecule has 1 aliphatic heterocycles. The second-order valence-corrected chi connectivity index (χ2v) is 8.52. The molecular formula is C25H26N4O2S. The van der Waals surface area contributed by atoms with Crippen molar-refractivity contribution in [3.8, 4) is 22.4 Å². The average molecular weight is 447 g/mol. The maximum absolute atomic E-state index is 12.9. The van der Waals surface area contributed by atoms with Crippen molar-refractivity contribution < 1.29 is 9.53 Å². The van der Waals surface area contributed by atoms with Gasteiger partial charge in [0.25, 0.3) is 0 Å². The van der Waals surface area contributed by atoms with E-state index >= 15 is 0 Å². The maximum atomic E-state index is 12.9. The number of nitrogens with zero attached hydrogens (tertiary/aromatic N) is 4. The molecule has 0 saturated carbocycles. The van der Waals surface area contributed by atoms with E-state index in [4.69, 9.17) is 10.00 Å². The summed E-state index contributed by atoms with van der Waals surface area (Å²) in [5.41, 5.74) is 3.60. The number of carbonyl (C=O) groups excluding carboxylic acids is 1. The third-order valence-corrected chi connectivity index (χ3v) is 6.45. The lowest BCUT2D eigenvalue weighted by atomic mass is 10.2. The molecule has 0 atom stereocenters. The summed E-state index contributed by atoms with van der Waals surface area (Å²) in [5, 5.41) is 11.9. The molecule has 164 valence electrons. The first-order valence-corrected chi connectivity index (χ1v) is 11.7. The van der Waals surface area contributed by atoms with Gasteiger partial charge in [-0.3, -0.25) is 4.79 Å². The van der Waals surface area contributed by atoms with Crippen LogP contribution in [-0.2, 0) is 11.2 Å². The molecular weight excluding hydrogens is 420 g/mol. The Morgan fingerprint density at radius 1 is 1.09 bits per heavy atom. The van der Waals surface area contributed by atoms with Crippen molar-refractivity contribution in [2.75, 3.05) is 37.7 Å². The fraction of sp³-hybridized carbons (Fsp3) is 0.320. The Bertz CT molecular complexity index is 1090. The highest BCUT2D eigenvalue weighted by Gasteiger charge is 2.20. The maximum Gasteiger partial charge on any atom is 0.228 e. The molecule has 32 heavy (non-hydrogen) atoms. The number of amides is 1. The lowest BCUT2D eigenvalue weighted by molar-refractivity contribution is -0.130. The lowest BCUT2D eigenvalue weighted by Gasteiger charge is -2.23. The highest BCUT2D eigenvalue weighted by molar-refractivity contribution is 7.13. The van der Waals surface area contributed by atoms with Gasteiger partial charge in [-0.05, 0) is 61.9 Å². The van der Waals surface area contributed by atoms with E-state index in [9.17, 15) is 4.79 Å². The first-order valence-electron chi connectivity index (χ1n) is 10.9. The molecule has 6 nitrogen and oxygen atoms in total. The second kappa shape index (κ2) is 10.3. The van der Waals surface area contributed by atoms with Gasteiger partial charge in [-0.2, -0.15) is 5.26 Å². The van der Waals surface area contributed by atoms with E-state index in [1.165, 1.54) is 0 Å². The van der Waals surface area contributed by atoms with Crippen molar-refractivity contribution in [1.29, 1.82) is 5.26 Å². The molecule has 2 aromatic carbocycles. The topological polar surface area (TPSA) is 69.5 Å². The van der Waals surface area contributed by atoms with E-state index in [0.29, 0.717) is 25.1 Å². The first-order chi connectivity index (χ1) is 15.7. The zero-order valence-corrected chi connectivity index (χ0v) is 19.0. The van der Waals surface area contributed by atoms with Crippen LogP contribution in [0.25, 0.3) is 10.6 Å². The van der Waals surface area contributed by atoms with Gasteiger partial charge in [-0.25, -0.2) is 4.98 Å². The van der Waals surface area contributed by atoms with Gasteiger partial charge in [0.15, 0.2) is 0 Å². The summed E-state index contributed by atoms with van der Waals surface area (Å²) < 4.78 is 5.49. The predicted octanol–water partition coefficient (Wildman–Crippen LogP) is 4.36. The zero-order valence-electron chi connectivity index (χ0n) is 18.2. The molecule has 1 fully saturated rings. The van der Waals surface area contributed by atoms with Crippen molar-refractivity contribution >= 4 is 22.9 Å². The van der Waals surface area contributed by atoms with E-state index in [-0.39, 0.29) is 5.91 Å². The van der Waals surface area contributed by atoms with Crippen LogP contribution < -0.4 is 9.64 Å². The van der Waals surface area contributed by atoms with Crippen molar-refractivity contribution in [3.05, 3.63) is 65.2 Å². The van der Waals surface area contributed by atoms with Crippen LogP contribution in [0.1, 0.15) is 24.6 Å². The van der Waals surface area contributed by atoms with E-state index in [1.807, 2.05) is 65.7 Å². The molecule has 1 aliphatic rings. The largest absolute Gasteiger partial charge is 0.494 e. The Hall–Kier alpha value is -3.37. The quantitative estimate of drug-likeness (QED) is 0.563. The number of benzene rings is 2. The summed E-state index contributed by atoms with van der Waals surface area (Å²) in [6, 6.07) is 17.7. The minimum Gasteiger partial charge on any atom is -0.494 e. The molecule has 0 bridgehead atoms. The van der Waals surface area contributed by atoms with Crippen LogP contribution in [0.4, 0.5) is 5.69 Å². The van der Waals surface area contributed by atoms with E-state index in [2.05, 4.69) is 16.0 Å². The van der Waals surface area contributed by atoms with Gasteiger partial charge in [0.05, 0.1) is 30.4 Å². The number of anilines is 1. The van der Waals surface area contributed by atoms with Gasteiger partial charge < -0.3 is 14.5 Å². The average Bonchev–Trinajstić information content (AvgIpc) is 3.14. The highest BCUT2D eigenvalue weighted by atomic mass is 32.1. The number of thiazole rings is 1. The standard InChI is InChI=1S/C25H26N4O2S/c1-2-31-23-10-6-20(7-11-23)25-27-21(18-32-25)16-24(30)29-13-3-12-28(14-15-29)22-8-4-19(17-26)5-9-22/h4-11,18H,2-3,12-16H2,1H3. The van der Waals surface area contributed by atoms with Crippen molar-refractivity contribution in [2.45, 2.75) is 19.8 Å². The Labute approximate surface area is 192 Å². The predicted molar refractivity (Wildman–Crippen MR) is 127 cm³/mol. The molecule has 7 heteroatoms. The molecule has 0 radical (unpaired) electrons. The molecule has 2 heterocycles. The minimum absolute atomic E-state index is 0.121. The van der Waals surface area contributed by atoms with Gasteiger partial charge in [0.1, 0.15) is 10.8 Å². The summed E-state index contributed by atoms with van der Waals surface area (Å²) in [6.07, 6.45) is 1.24. The minimum atomic E-state index is 0.121. The molecule has 1 amide bonds. The van der Waals surface area contributed by atoms with Crippen molar-refractivity contribution in [2.24, 2.45) is 0 Å². The molecule has 3 aromatic rings. The van der Waals surface area contributed by atoms with Crippen LogP contribution in [0, 0.1) is 11.3 Å². The van der Waals surface area contributed by atoms with Crippen LogP contribution in [0.3, 0.4) is 0 Å². The molecule has 1 aromatic heterocycles. The monoisotopic (exact) mass is 446 g/mol. The Balaban J connectivity index is 1.34. The van der Waals surface area contributed by atoms with Crippen molar-refractivity contribution in [1.82, 2.24) is 9.88 Å². The SMILES string of the molecule is CCOc1ccc(-c2nc(CC(=O)N3CCCN(c4ccc(C#N)cc4)CC3)cs2)cc1. The number of rotatable bonds is 6. The first kappa shape index (κ1) is 21.8. The number of hydrogen-bond acceptors (Lipinski definition) is 6. The second-order valence-electron chi connectivity index (χ2n) is 7.66. The Morgan fingerprint density at radius 2 is 1.88 bits per heavy atom. The summed E-state index contributed by atoms with van der Waals surface area (Å²) in [7, 11) is 0. The highest BCUT2D eigenvalue weighted by Crippen LogP contribution is 2.26. The zero-order chi connectivity index (χ0) is 22.3. The third kappa shape index (κ3) is 5.27. The van der Waals surface area contributed by atoms with Gasteiger partial charge in [-0.1, -0.05) is 0 Å². The number of hydrogen-bond donors (Lipinski definition) is 0. The van der Waals surface area contributed by atoms with Crippen LogP contribution in [-0.4, -0.2) is 48.6 Å². The lowest BCUT2D eigenvalue weighted by Crippen LogP contribution is -2.36. The Morgan fingerprint density at radius 3 is 2.59 bits per heavy atom. The number of nitriles is 1. The van der Waals surface area contributed by atoms with Crippen LogP contribution in [0.15, 0.2) is 53.9 Å². The summed E-state index contributed by atoms with van der Waals surface area (Å²) in [4.78, 5) is 21.8. The number of aromatic nitrogens is 1. The fourth-order valence-electron chi connectivity index (χ4n) is 3.82. The summed E-state index contributed by atoms with van der Waals surface area (Å²) in [6.45, 7) is 5.73. The molecule has 4 rings (SSSR count). The Kier molecular flexibility index (Phi) is 7.03. The van der Waals surface area contributed by atoms with E-state index in [1.54, 1.807) is 11.3 Å². The molecule has 0 N–H and O–H groups in total. The molecule has 0 aliphatic carbocycles. The van der Waals surface area contributed by atoms with Gasteiger partial charge >= 0.3 is 0 Å². The summed E-state index contributed by atoms with van der Waals surface area (Å²) in [5.74, 6) is 0.967. The summed E-state index contributed by atoms with van der Waals surface area (Å²) >= 11 is 1.56. The van der Waals surface area contributed by atoms with Crippen LogP contribution in [0.2, 0.25) is 0 Å². The van der Waals surface area contributed by atoms with Crippen molar-refractivity contribution in [3.63, 3.8) is 0 Å². The van der Waals surface area contributed by atoms with E-state index in [0.717, 1.165) is 53.8 Å².